The SMILES string of the molecule is Cc1c(O)cc(Br)c(C2(c3c(Br)cc(O)c(C)c3C)OC(=O)c3c(C(=O)O)cccc32)c1C. The van der Waals surface area contributed by atoms with Gasteiger partial charge >= 0.3 is 11.9 Å². The number of cyclic esters (lactones) is 1. The van der Waals surface area contributed by atoms with Crippen LogP contribution in [0.5, 0.6) is 11.5 Å². The number of benzene rings is 3. The fraction of sp³-hybridized carbons (Fsp3) is 0.200. The zero-order valence-electron chi connectivity index (χ0n) is 18.2. The van der Waals surface area contributed by atoms with Gasteiger partial charge in [0.2, 0.25) is 0 Å². The highest BCUT2D eigenvalue weighted by Crippen LogP contribution is 2.55. The van der Waals surface area contributed by atoms with Crippen molar-refractivity contribution in [1.29, 1.82) is 0 Å². The van der Waals surface area contributed by atoms with Crippen LogP contribution in [0.15, 0.2) is 39.3 Å². The van der Waals surface area contributed by atoms with Crippen LogP contribution in [0.2, 0.25) is 0 Å². The molecule has 0 bridgehead atoms. The molecule has 6 nitrogen and oxygen atoms in total. The number of carbonyl (C=O) groups is 2. The van der Waals surface area contributed by atoms with Crippen molar-refractivity contribution in [2.24, 2.45) is 0 Å². The maximum Gasteiger partial charge on any atom is 0.341 e. The van der Waals surface area contributed by atoms with Crippen LogP contribution in [0.4, 0.5) is 0 Å². The van der Waals surface area contributed by atoms with Crippen LogP contribution >= 0.6 is 31.9 Å². The van der Waals surface area contributed by atoms with E-state index in [0.717, 1.165) is 0 Å². The van der Waals surface area contributed by atoms with E-state index in [2.05, 4.69) is 31.9 Å². The van der Waals surface area contributed by atoms with Crippen LogP contribution in [0.25, 0.3) is 0 Å². The van der Waals surface area contributed by atoms with Gasteiger partial charge < -0.3 is 20.1 Å². The summed E-state index contributed by atoms with van der Waals surface area (Å²) in [6.45, 7) is 7.12. The first-order chi connectivity index (χ1) is 15.4. The number of carboxylic acids is 1. The van der Waals surface area contributed by atoms with E-state index in [0.29, 0.717) is 47.9 Å². The van der Waals surface area contributed by atoms with E-state index in [9.17, 15) is 24.9 Å². The van der Waals surface area contributed by atoms with Crippen molar-refractivity contribution in [3.05, 3.63) is 89.3 Å². The Kier molecular flexibility index (Phi) is 5.57. The van der Waals surface area contributed by atoms with Crippen molar-refractivity contribution in [2.45, 2.75) is 33.3 Å². The molecular formula is C25H20Br2O6. The lowest BCUT2D eigenvalue weighted by Crippen LogP contribution is -2.33. The summed E-state index contributed by atoms with van der Waals surface area (Å²) in [7, 11) is 0. The molecule has 0 atom stereocenters. The van der Waals surface area contributed by atoms with E-state index in [1.54, 1.807) is 39.8 Å². The maximum absolute atomic E-state index is 13.3. The average molecular weight is 576 g/mol. The van der Waals surface area contributed by atoms with Crippen molar-refractivity contribution in [2.75, 3.05) is 0 Å². The molecule has 0 radical (unpaired) electrons. The first kappa shape index (κ1) is 23.3. The minimum atomic E-state index is -1.54. The van der Waals surface area contributed by atoms with Gasteiger partial charge in [-0.05, 0) is 68.1 Å². The van der Waals surface area contributed by atoms with Gasteiger partial charge in [-0.3, -0.25) is 0 Å². The smallest absolute Gasteiger partial charge is 0.341 e. The summed E-state index contributed by atoms with van der Waals surface area (Å²) < 4.78 is 7.14. The number of carbonyl (C=O) groups excluding carboxylic acids is 1. The number of aromatic hydroxyl groups is 2. The standard InChI is InChI=1S/C25H20Br2O6/c1-10-12(3)21(16(26)8-18(10)28)25(22-13(4)11(2)19(29)9-17(22)27)15-7-5-6-14(23(30)31)20(15)24(32)33-25/h5-9,28-29H,1-4H3,(H,30,31). The molecule has 3 aromatic rings. The number of halogens is 2. The topological polar surface area (TPSA) is 104 Å². The number of phenolic OH excluding ortho intramolecular Hbond substituents is 2. The molecule has 0 amide bonds. The summed E-state index contributed by atoms with van der Waals surface area (Å²) >= 11 is 7.09. The first-order valence-corrected chi connectivity index (χ1v) is 11.6. The summed E-state index contributed by atoms with van der Waals surface area (Å²) in [5.41, 5.74) is 2.28. The van der Waals surface area contributed by atoms with E-state index < -0.39 is 17.5 Å². The highest BCUT2D eigenvalue weighted by atomic mass is 79.9. The summed E-state index contributed by atoms with van der Waals surface area (Å²) in [5, 5.41) is 30.6. The second-order valence-corrected chi connectivity index (χ2v) is 9.82. The fourth-order valence-electron chi connectivity index (χ4n) is 4.57. The molecule has 0 spiro atoms. The summed E-state index contributed by atoms with van der Waals surface area (Å²) in [5.74, 6) is -1.87. The third-order valence-electron chi connectivity index (χ3n) is 6.48. The van der Waals surface area contributed by atoms with E-state index in [1.807, 2.05) is 0 Å². The number of phenols is 2. The van der Waals surface area contributed by atoms with Crippen molar-refractivity contribution >= 4 is 43.8 Å². The van der Waals surface area contributed by atoms with Gasteiger partial charge in [0.15, 0.2) is 5.60 Å². The monoisotopic (exact) mass is 574 g/mol. The van der Waals surface area contributed by atoms with Gasteiger partial charge in [0.25, 0.3) is 0 Å². The average Bonchev–Trinajstić information content (AvgIpc) is 3.03. The van der Waals surface area contributed by atoms with Gasteiger partial charge in [-0.15, -0.1) is 0 Å². The molecular weight excluding hydrogens is 556 g/mol. The van der Waals surface area contributed by atoms with Crippen molar-refractivity contribution in [3.8, 4) is 11.5 Å². The summed E-state index contributed by atoms with van der Waals surface area (Å²) in [6.07, 6.45) is 0. The van der Waals surface area contributed by atoms with Gasteiger partial charge in [0, 0.05) is 25.6 Å². The van der Waals surface area contributed by atoms with Crippen molar-refractivity contribution in [3.63, 3.8) is 0 Å². The number of carboxylic acid groups (broad SMARTS) is 1. The Balaban J connectivity index is 2.28. The van der Waals surface area contributed by atoms with Crippen LogP contribution in [-0.4, -0.2) is 27.3 Å². The number of hydrogen-bond acceptors (Lipinski definition) is 5. The zero-order valence-corrected chi connectivity index (χ0v) is 21.4. The Bertz CT molecular complexity index is 1310. The first-order valence-electron chi connectivity index (χ1n) is 10.0. The number of hydrogen-bond donors (Lipinski definition) is 3. The van der Waals surface area contributed by atoms with Gasteiger partial charge in [-0.25, -0.2) is 9.59 Å². The molecule has 3 N–H and O–H groups in total. The second-order valence-electron chi connectivity index (χ2n) is 8.11. The van der Waals surface area contributed by atoms with E-state index in [4.69, 9.17) is 4.74 Å². The molecule has 1 aliphatic heterocycles. The van der Waals surface area contributed by atoms with E-state index in [1.165, 1.54) is 18.2 Å². The summed E-state index contributed by atoms with van der Waals surface area (Å²) in [4.78, 5) is 25.3. The predicted octanol–water partition coefficient (Wildman–Crippen LogP) is 6.02. The highest BCUT2D eigenvalue weighted by Gasteiger charge is 2.53. The Morgan fingerprint density at radius 1 is 0.879 bits per heavy atom. The molecule has 1 aliphatic rings. The fourth-order valence-corrected chi connectivity index (χ4v) is 6.15. The van der Waals surface area contributed by atoms with Crippen molar-refractivity contribution in [1.82, 2.24) is 0 Å². The molecule has 0 fully saturated rings. The normalized spacial score (nSPS) is 14.2. The largest absolute Gasteiger partial charge is 0.508 e. The number of fused-ring (bicyclic) bond motifs is 1. The third kappa shape index (κ3) is 3.19. The van der Waals surface area contributed by atoms with Gasteiger partial charge in [-0.2, -0.15) is 0 Å². The third-order valence-corrected chi connectivity index (χ3v) is 7.73. The number of aromatic carboxylic acids is 1. The minimum absolute atomic E-state index is 0.0287. The highest BCUT2D eigenvalue weighted by molar-refractivity contribution is 9.10. The Hall–Kier alpha value is -2.84. The minimum Gasteiger partial charge on any atom is -0.508 e. The Labute approximate surface area is 207 Å². The molecule has 0 saturated heterocycles. The molecule has 0 aromatic heterocycles. The lowest BCUT2D eigenvalue weighted by Gasteiger charge is -2.35. The number of rotatable bonds is 3. The number of esters is 1. The molecule has 3 aromatic carbocycles. The van der Waals surface area contributed by atoms with Crippen LogP contribution in [-0.2, 0) is 10.3 Å². The van der Waals surface area contributed by atoms with Crippen molar-refractivity contribution < 1.29 is 29.6 Å². The van der Waals surface area contributed by atoms with E-state index >= 15 is 0 Å². The van der Waals surface area contributed by atoms with Crippen LogP contribution in [0.3, 0.4) is 0 Å². The molecule has 1 heterocycles. The van der Waals surface area contributed by atoms with Gasteiger partial charge in [0.05, 0.1) is 11.1 Å². The van der Waals surface area contributed by atoms with Crippen LogP contribution in [0.1, 0.15) is 59.7 Å². The number of ether oxygens (including phenoxy) is 1. The lowest BCUT2D eigenvalue weighted by atomic mass is 9.74. The van der Waals surface area contributed by atoms with E-state index in [-0.39, 0.29) is 22.6 Å². The molecule has 0 aliphatic carbocycles. The Morgan fingerprint density at radius 2 is 1.36 bits per heavy atom. The summed E-state index contributed by atoms with van der Waals surface area (Å²) in [6, 6.07) is 7.68. The quantitative estimate of drug-likeness (QED) is 0.330. The van der Waals surface area contributed by atoms with Crippen LogP contribution in [0, 0.1) is 27.7 Å². The van der Waals surface area contributed by atoms with Gasteiger partial charge in [-0.1, -0.05) is 44.0 Å². The van der Waals surface area contributed by atoms with Gasteiger partial charge in [0.1, 0.15) is 11.5 Å². The predicted molar refractivity (Wildman–Crippen MR) is 129 cm³/mol. The Morgan fingerprint density at radius 3 is 1.82 bits per heavy atom. The second kappa shape index (κ2) is 7.88. The molecule has 4 rings (SSSR count). The molecule has 8 heteroatoms. The molecule has 0 saturated carbocycles. The molecule has 33 heavy (non-hydrogen) atoms. The maximum atomic E-state index is 13.3. The lowest BCUT2D eigenvalue weighted by molar-refractivity contribution is 0.0241. The molecule has 170 valence electrons. The zero-order chi connectivity index (χ0) is 24.4. The molecule has 0 unspecified atom stereocenters. The van der Waals surface area contributed by atoms with Crippen LogP contribution < -0.4 is 0 Å².